The summed E-state index contributed by atoms with van der Waals surface area (Å²) in [6.45, 7) is 8.52. The van der Waals surface area contributed by atoms with Crippen LogP contribution in [0.3, 0.4) is 0 Å². The minimum atomic E-state index is -0.773. The van der Waals surface area contributed by atoms with Crippen LogP contribution >= 0.6 is 0 Å². The molecule has 2 fully saturated rings. The molecule has 0 aromatic carbocycles. The molecule has 2 saturated heterocycles. The van der Waals surface area contributed by atoms with Crippen molar-refractivity contribution in [3.8, 4) is 0 Å². The van der Waals surface area contributed by atoms with E-state index < -0.39 is 11.4 Å². The van der Waals surface area contributed by atoms with Crippen LogP contribution in [0.2, 0.25) is 0 Å². The van der Waals surface area contributed by atoms with Gasteiger partial charge in [0.25, 0.3) is 0 Å². The number of aliphatic carboxylic acids is 1. The van der Waals surface area contributed by atoms with Crippen molar-refractivity contribution in [1.82, 2.24) is 10.2 Å². The van der Waals surface area contributed by atoms with Crippen molar-refractivity contribution in [3.05, 3.63) is 0 Å². The van der Waals surface area contributed by atoms with Crippen LogP contribution in [0.25, 0.3) is 0 Å². The van der Waals surface area contributed by atoms with Gasteiger partial charge in [-0.3, -0.25) is 9.59 Å². The van der Waals surface area contributed by atoms with Crippen LogP contribution in [-0.4, -0.2) is 48.1 Å². The van der Waals surface area contributed by atoms with E-state index in [0.717, 1.165) is 38.9 Å². The molecule has 0 bridgehead atoms. The average Bonchev–Trinajstić information content (AvgIpc) is 2.86. The van der Waals surface area contributed by atoms with Gasteiger partial charge in [-0.2, -0.15) is 0 Å². The van der Waals surface area contributed by atoms with E-state index in [2.05, 4.69) is 5.32 Å². The summed E-state index contributed by atoms with van der Waals surface area (Å²) < 4.78 is 0. The molecule has 5 nitrogen and oxygen atoms in total. The first-order valence-corrected chi connectivity index (χ1v) is 7.51. The van der Waals surface area contributed by atoms with Crippen molar-refractivity contribution < 1.29 is 14.7 Å². The highest BCUT2D eigenvalue weighted by atomic mass is 16.4. The van der Waals surface area contributed by atoms with Gasteiger partial charge in [0.2, 0.25) is 5.91 Å². The quantitative estimate of drug-likeness (QED) is 0.819. The number of carboxylic acids is 1. The second-order valence-electron chi connectivity index (χ2n) is 7.10. The Kier molecular flexibility index (Phi) is 4.09. The van der Waals surface area contributed by atoms with E-state index in [9.17, 15) is 14.7 Å². The summed E-state index contributed by atoms with van der Waals surface area (Å²) in [5.74, 6) is -0.547. The van der Waals surface area contributed by atoms with E-state index in [4.69, 9.17) is 0 Å². The van der Waals surface area contributed by atoms with E-state index in [-0.39, 0.29) is 17.2 Å². The van der Waals surface area contributed by atoms with Crippen LogP contribution in [0.5, 0.6) is 0 Å². The molecule has 20 heavy (non-hydrogen) atoms. The number of carboxylic acid groups (broad SMARTS) is 1. The highest BCUT2D eigenvalue weighted by molar-refractivity contribution is 5.83. The third-order valence-electron chi connectivity index (χ3n) is 5.17. The molecule has 114 valence electrons. The lowest BCUT2D eigenvalue weighted by atomic mass is 9.74. The fourth-order valence-electron chi connectivity index (χ4n) is 3.31. The normalized spacial score (nSPS) is 31.4. The molecular formula is C15H26N2O3. The first kappa shape index (κ1) is 15.3. The smallest absolute Gasteiger partial charge is 0.309 e. The zero-order valence-electron chi connectivity index (χ0n) is 12.7. The van der Waals surface area contributed by atoms with E-state index >= 15 is 0 Å². The molecular weight excluding hydrogens is 256 g/mol. The first-order chi connectivity index (χ1) is 9.27. The monoisotopic (exact) mass is 282 g/mol. The molecule has 0 aliphatic carbocycles. The lowest BCUT2D eigenvalue weighted by Gasteiger charge is -2.41. The molecule has 0 saturated carbocycles. The van der Waals surface area contributed by atoms with Gasteiger partial charge in [0, 0.05) is 19.6 Å². The molecule has 0 aromatic rings. The van der Waals surface area contributed by atoms with Crippen molar-refractivity contribution >= 4 is 11.9 Å². The molecule has 2 rings (SSSR count). The number of piperidine rings is 1. The summed E-state index contributed by atoms with van der Waals surface area (Å²) in [6, 6.07) is 0. The fourth-order valence-corrected chi connectivity index (χ4v) is 3.31. The summed E-state index contributed by atoms with van der Waals surface area (Å²) in [5.41, 5.74) is -1.08. The number of carbonyl (C=O) groups is 2. The minimum Gasteiger partial charge on any atom is -0.481 e. The maximum Gasteiger partial charge on any atom is 0.309 e. The number of likely N-dealkylation sites (tertiary alicyclic amines) is 1. The van der Waals surface area contributed by atoms with E-state index in [1.54, 1.807) is 13.8 Å². The molecule has 0 aromatic heterocycles. The molecule has 5 heteroatoms. The second kappa shape index (κ2) is 5.35. The van der Waals surface area contributed by atoms with E-state index in [0.29, 0.717) is 6.54 Å². The molecule has 0 radical (unpaired) electrons. The minimum absolute atomic E-state index is 0.0377. The summed E-state index contributed by atoms with van der Waals surface area (Å²) >= 11 is 0. The maximum absolute atomic E-state index is 12.7. The fraction of sp³-hybridized carbons (Fsp3) is 0.867. The Hall–Kier alpha value is -1.10. The van der Waals surface area contributed by atoms with Crippen LogP contribution in [0.15, 0.2) is 0 Å². The summed E-state index contributed by atoms with van der Waals surface area (Å²) in [4.78, 5) is 26.0. The summed E-state index contributed by atoms with van der Waals surface area (Å²) in [5, 5.41) is 12.6. The zero-order chi connectivity index (χ0) is 15.0. The third kappa shape index (κ3) is 2.68. The second-order valence-corrected chi connectivity index (χ2v) is 7.10. The number of amides is 1. The molecule has 2 aliphatic heterocycles. The van der Waals surface area contributed by atoms with Gasteiger partial charge >= 0.3 is 5.97 Å². The Morgan fingerprint density at radius 2 is 2.10 bits per heavy atom. The number of hydrogen-bond acceptors (Lipinski definition) is 3. The Morgan fingerprint density at radius 1 is 1.40 bits per heavy atom. The van der Waals surface area contributed by atoms with Gasteiger partial charge in [-0.15, -0.1) is 0 Å². The summed E-state index contributed by atoms with van der Waals surface area (Å²) in [6.07, 6.45) is 2.66. The average molecular weight is 282 g/mol. The largest absolute Gasteiger partial charge is 0.481 e. The van der Waals surface area contributed by atoms with Gasteiger partial charge in [0.1, 0.15) is 0 Å². The summed E-state index contributed by atoms with van der Waals surface area (Å²) in [7, 11) is 0. The predicted molar refractivity (Wildman–Crippen MR) is 76.3 cm³/mol. The van der Waals surface area contributed by atoms with E-state index in [1.807, 2.05) is 11.8 Å². The van der Waals surface area contributed by atoms with Gasteiger partial charge < -0.3 is 15.3 Å². The predicted octanol–water partition coefficient (Wildman–Crippen LogP) is 1.34. The number of carbonyl (C=O) groups excluding carboxylic acids is 1. The molecule has 2 heterocycles. The Bertz CT molecular complexity index is 400. The van der Waals surface area contributed by atoms with Crippen molar-refractivity contribution in [2.75, 3.05) is 26.2 Å². The van der Waals surface area contributed by atoms with Crippen LogP contribution < -0.4 is 5.32 Å². The SMILES string of the molecule is CC1(C(=O)N2CCCC(C(C)(C)C(=O)O)C2)CCNC1. The molecule has 0 spiro atoms. The van der Waals surface area contributed by atoms with Crippen molar-refractivity contribution in [2.45, 2.75) is 40.0 Å². The molecule has 2 aliphatic rings. The third-order valence-corrected chi connectivity index (χ3v) is 5.17. The molecule has 2 atom stereocenters. The highest BCUT2D eigenvalue weighted by Crippen LogP contribution is 2.36. The van der Waals surface area contributed by atoms with Gasteiger partial charge in [0.05, 0.1) is 10.8 Å². The molecule has 2 unspecified atom stereocenters. The highest BCUT2D eigenvalue weighted by Gasteiger charge is 2.44. The van der Waals surface area contributed by atoms with Gasteiger partial charge in [-0.1, -0.05) is 0 Å². The lowest BCUT2D eigenvalue weighted by Crippen LogP contribution is -2.51. The number of nitrogens with zero attached hydrogens (tertiary/aromatic N) is 1. The molecule has 1 amide bonds. The Labute approximate surface area is 120 Å². The Morgan fingerprint density at radius 3 is 2.65 bits per heavy atom. The first-order valence-electron chi connectivity index (χ1n) is 7.51. The van der Waals surface area contributed by atoms with Gasteiger partial charge in [-0.05, 0) is 52.5 Å². The number of nitrogens with one attached hydrogen (secondary N) is 1. The van der Waals surface area contributed by atoms with Crippen LogP contribution in [-0.2, 0) is 9.59 Å². The zero-order valence-corrected chi connectivity index (χ0v) is 12.7. The number of rotatable bonds is 3. The van der Waals surface area contributed by atoms with Crippen molar-refractivity contribution in [1.29, 1.82) is 0 Å². The van der Waals surface area contributed by atoms with Crippen molar-refractivity contribution in [2.24, 2.45) is 16.7 Å². The number of hydrogen-bond donors (Lipinski definition) is 2. The lowest BCUT2D eigenvalue weighted by molar-refractivity contribution is -0.154. The van der Waals surface area contributed by atoms with Crippen LogP contribution in [0.4, 0.5) is 0 Å². The van der Waals surface area contributed by atoms with E-state index in [1.165, 1.54) is 0 Å². The van der Waals surface area contributed by atoms with Crippen LogP contribution in [0.1, 0.15) is 40.0 Å². The van der Waals surface area contributed by atoms with Crippen molar-refractivity contribution in [3.63, 3.8) is 0 Å². The topological polar surface area (TPSA) is 69.6 Å². The van der Waals surface area contributed by atoms with Gasteiger partial charge in [-0.25, -0.2) is 0 Å². The molecule has 2 N–H and O–H groups in total. The van der Waals surface area contributed by atoms with Gasteiger partial charge in [0.15, 0.2) is 0 Å². The van der Waals surface area contributed by atoms with Crippen LogP contribution in [0, 0.1) is 16.7 Å². The maximum atomic E-state index is 12.7. The standard InChI is InChI=1S/C15H26N2O3/c1-14(2,13(19)20)11-5-4-8-17(9-11)12(18)15(3)6-7-16-10-15/h11,16H,4-10H2,1-3H3,(H,19,20). The Balaban J connectivity index is 2.07.